The Kier molecular flexibility index (Phi) is 2.33. The molecule has 64 valence electrons. The van der Waals surface area contributed by atoms with Crippen LogP contribution in [0.25, 0.3) is 0 Å². The van der Waals surface area contributed by atoms with E-state index >= 15 is 0 Å². The second-order valence-corrected chi connectivity index (χ2v) is 2.59. The van der Waals surface area contributed by atoms with Crippen molar-refractivity contribution < 1.29 is 4.79 Å². The minimum atomic E-state index is -0.385. The Morgan fingerprint density at radius 2 is 2.17 bits per heavy atom. The van der Waals surface area contributed by atoms with E-state index in [1.807, 2.05) is 20.0 Å². The predicted molar refractivity (Wildman–Crippen MR) is 49.2 cm³/mol. The first-order valence-electron chi connectivity index (χ1n) is 3.74. The van der Waals surface area contributed by atoms with Crippen molar-refractivity contribution in [1.29, 1.82) is 0 Å². The zero-order chi connectivity index (χ0) is 9.14. The van der Waals surface area contributed by atoms with Gasteiger partial charge in [-0.15, -0.1) is 0 Å². The van der Waals surface area contributed by atoms with Crippen LogP contribution >= 0.6 is 0 Å². The lowest BCUT2D eigenvalue weighted by Gasteiger charge is -2.07. The van der Waals surface area contributed by atoms with Gasteiger partial charge in [-0.05, 0) is 24.6 Å². The van der Waals surface area contributed by atoms with Gasteiger partial charge in [0.05, 0.1) is 0 Å². The van der Waals surface area contributed by atoms with Crippen molar-refractivity contribution in [2.45, 2.75) is 6.92 Å². The maximum absolute atomic E-state index is 10.9. The third-order valence-electron chi connectivity index (χ3n) is 1.87. The van der Waals surface area contributed by atoms with Gasteiger partial charge < -0.3 is 11.1 Å². The quantitative estimate of drug-likeness (QED) is 0.688. The number of hydrogen-bond donors (Lipinski definition) is 2. The van der Waals surface area contributed by atoms with Gasteiger partial charge in [-0.2, -0.15) is 0 Å². The monoisotopic (exact) mass is 164 g/mol. The SMILES string of the molecule is CNc1cccc(C(N)=O)c1C. The summed E-state index contributed by atoms with van der Waals surface area (Å²) in [7, 11) is 1.81. The third kappa shape index (κ3) is 1.39. The fourth-order valence-electron chi connectivity index (χ4n) is 1.17. The van der Waals surface area contributed by atoms with E-state index < -0.39 is 0 Å². The zero-order valence-corrected chi connectivity index (χ0v) is 7.22. The molecule has 12 heavy (non-hydrogen) atoms. The number of nitrogens with two attached hydrogens (primary N) is 1. The Morgan fingerprint density at radius 1 is 1.50 bits per heavy atom. The maximum Gasteiger partial charge on any atom is 0.249 e. The van der Waals surface area contributed by atoms with Crippen LogP contribution in [0.2, 0.25) is 0 Å². The van der Waals surface area contributed by atoms with E-state index in [2.05, 4.69) is 5.32 Å². The fourth-order valence-corrected chi connectivity index (χ4v) is 1.17. The molecule has 3 nitrogen and oxygen atoms in total. The molecule has 0 atom stereocenters. The highest BCUT2D eigenvalue weighted by atomic mass is 16.1. The third-order valence-corrected chi connectivity index (χ3v) is 1.87. The number of carbonyl (C=O) groups excluding carboxylic acids is 1. The molecule has 1 amide bonds. The Labute approximate surface area is 71.6 Å². The maximum atomic E-state index is 10.9. The first-order chi connectivity index (χ1) is 5.66. The average Bonchev–Trinajstić information content (AvgIpc) is 2.04. The molecule has 1 aromatic carbocycles. The van der Waals surface area contributed by atoms with Crippen LogP contribution in [0.1, 0.15) is 15.9 Å². The van der Waals surface area contributed by atoms with Gasteiger partial charge in [0.25, 0.3) is 0 Å². The Hall–Kier alpha value is -1.51. The highest BCUT2D eigenvalue weighted by molar-refractivity contribution is 5.95. The Bertz CT molecular complexity index is 307. The van der Waals surface area contributed by atoms with E-state index in [9.17, 15) is 4.79 Å². The summed E-state index contributed by atoms with van der Waals surface area (Å²) in [5.74, 6) is -0.385. The summed E-state index contributed by atoms with van der Waals surface area (Å²) in [6.45, 7) is 1.87. The van der Waals surface area contributed by atoms with Crippen LogP contribution in [0.5, 0.6) is 0 Å². The molecule has 1 aromatic rings. The minimum Gasteiger partial charge on any atom is -0.388 e. The molecule has 1 rings (SSSR count). The second-order valence-electron chi connectivity index (χ2n) is 2.59. The molecule has 0 radical (unpaired) electrons. The first-order valence-corrected chi connectivity index (χ1v) is 3.74. The van der Waals surface area contributed by atoms with Gasteiger partial charge in [-0.3, -0.25) is 4.79 Å². The smallest absolute Gasteiger partial charge is 0.249 e. The second kappa shape index (κ2) is 3.26. The summed E-state index contributed by atoms with van der Waals surface area (Å²) in [5, 5.41) is 2.98. The number of anilines is 1. The summed E-state index contributed by atoms with van der Waals surface area (Å²) in [5.41, 5.74) is 7.57. The number of rotatable bonds is 2. The van der Waals surface area contributed by atoms with Gasteiger partial charge in [-0.25, -0.2) is 0 Å². The normalized spacial score (nSPS) is 9.50. The lowest BCUT2D eigenvalue weighted by Crippen LogP contribution is -2.13. The molecule has 0 heterocycles. The lowest BCUT2D eigenvalue weighted by molar-refractivity contribution is 0.1000. The molecule has 3 N–H and O–H groups in total. The van der Waals surface area contributed by atoms with Crippen LogP contribution in [0.3, 0.4) is 0 Å². The topological polar surface area (TPSA) is 55.1 Å². The molecule has 0 fully saturated rings. The van der Waals surface area contributed by atoms with E-state index in [1.165, 1.54) is 0 Å². The van der Waals surface area contributed by atoms with Crippen LogP contribution < -0.4 is 11.1 Å². The van der Waals surface area contributed by atoms with Crippen LogP contribution in [0, 0.1) is 6.92 Å². The number of nitrogens with one attached hydrogen (secondary N) is 1. The summed E-state index contributed by atoms with van der Waals surface area (Å²) in [6.07, 6.45) is 0. The van der Waals surface area contributed by atoms with Crippen LogP contribution in [0.4, 0.5) is 5.69 Å². The number of benzene rings is 1. The standard InChI is InChI=1S/C9H12N2O/c1-6-7(9(10)12)4-3-5-8(6)11-2/h3-5,11H,1-2H3,(H2,10,12). The molecule has 0 unspecified atom stereocenters. The summed E-state index contributed by atoms with van der Waals surface area (Å²) < 4.78 is 0. The zero-order valence-electron chi connectivity index (χ0n) is 7.22. The summed E-state index contributed by atoms with van der Waals surface area (Å²) in [4.78, 5) is 10.9. The van der Waals surface area contributed by atoms with Crippen molar-refractivity contribution in [2.24, 2.45) is 5.73 Å². The molecule has 0 aromatic heterocycles. The van der Waals surface area contributed by atoms with Gasteiger partial charge in [0.1, 0.15) is 0 Å². The molecule has 0 bridgehead atoms. The predicted octanol–water partition coefficient (Wildman–Crippen LogP) is 1.14. The van der Waals surface area contributed by atoms with Crippen molar-refractivity contribution in [3.63, 3.8) is 0 Å². The molecule has 0 aliphatic heterocycles. The summed E-state index contributed by atoms with van der Waals surface area (Å²) in [6, 6.07) is 5.43. The van der Waals surface area contributed by atoms with E-state index in [-0.39, 0.29) is 5.91 Å². The Balaban J connectivity index is 3.23. The fraction of sp³-hybridized carbons (Fsp3) is 0.222. The van der Waals surface area contributed by atoms with Crippen molar-refractivity contribution in [3.8, 4) is 0 Å². The molecule has 0 saturated heterocycles. The van der Waals surface area contributed by atoms with Crippen molar-refractivity contribution in [3.05, 3.63) is 29.3 Å². The van der Waals surface area contributed by atoms with Crippen LogP contribution in [0.15, 0.2) is 18.2 Å². The molecule has 0 spiro atoms. The summed E-state index contributed by atoms with van der Waals surface area (Å²) >= 11 is 0. The highest BCUT2D eigenvalue weighted by Gasteiger charge is 2.06. The number of carbonyl (C=O) groups is 1. The molecule has 3 heteroatoms. The van der Waals surface area contributed by atoms with E-state index in [0.29, 0.717) is 5.56 Å². The molecular weight excluding hydrogens is 152 g/mol. The molecule has 0 saturated carbocycles. The van der Waals surface area contributed by atoms with Crippen molar-refractivity contribution in [2.75, 3.05) is 12.4 Å². The molecule has 0 aliphatic carbocycles. The van der Waals surface area contributed by atoms with E-state index in [0.717, 1.165) is 11.3 Å². The lowest BCUT2D eigenvalue weighted by atomic mass is 10.1. The van der Waals surface area contributed by atoms with E-state index in [1.54, 1.807) is 12.1 Å². The largest absolute Gasteiger partial charge is 0.388 e. The molecular formula is C9H12N2O. The average molecular weight is 164 g/mol. The number of amides is 1. The van der Waals surface area contributed by atoms with Gasteiger partial charge >= 0.3 is 0 Å². The van der Waals surface area contributed by atoms with Crippen LogP contribution in [-0.2, 0) is 0 Å². The Morgan fingerprint density at radius 3 is 2.67 bits per heavy atom. The van der Waals surface area contributed by atoms with Gasteiger partial charge in [0.2, 0.25) is 5.91 Å². The minimum absolute atomic E-state index is 0.385. The van der Waals surface area contributed by atoms with E-state index in [4.69, 9.17) is 5.73 Å². The van der Waals surface area contributed by atoms with Gasteiger partial charge in [0, 0.05) is 18.3 Å². The number of primary amides is 1. The van der Waals surface area contributed by atoms with Gasteiger partial charge in [-0.1, -0.05) is 6.07 Å². The van der Waals surface area contributed by atoms with Crippen LogP contribution in [-0.4, -0.2) is 13.0 Å². The van der Waals surface area contributed by atoms with Gasteiger partial charge in [0.15, 0.2) is 0 Å². The highest BCUT2D eigenvalue weighted by Crippen LogP contribution is 2.17. The number of hydrogen-bond acceptors (Lipinski definition) is 2. The van der Waals surface area contributed by atoms with Crippen molar-refractivity contribution >= 4 is 11.6 Å². The first kappa shape index (κ1) is 8.59. The molecule has 0 aliphatic rings. The van der Waals surface area contributed by atoms with Crippen molar-refractivity contribution in [1.82, 2.24) is 0 Å².